The molecule has 0 heterocycles. The van der Waals surface area contributed by atoms with E-state index in [0.29, 0.717) is 41.5 Å². The maximum absolute atomic E-state index is 11.9. The number of aryl methyl sites for hydroxylation is 1. The van der Waals surface area contributed by atoms with Crippen LogP contribution in [-0.4, -0.2) is 24.9 Å². The first-order chi connectivity index (χ1) is 12.0. The number of carbonyl (C=O) groups is 2. The van der Waals surface area contributed by atoms with Crippen LogP contribution in [0.5, 0.6) is 0 Å². The molecule has 0 spiro atoms. The van der Waals surface area contributed by atoms with E-state index in [0.717, 1.165) is 10.0 Å². The maximum Gasteiger partial charge on any atom is 0.251 e. The van der Waals surface area contributed by atoms with E-state index < -0.39 is 0 Å². The number of hydrogen-bond acceptors (Lipinski definition) is 2. The van der Waals surface area contributed by atoms with Gasteiger partial charge in [-0.3, -0.25) is 9.59 Å². The molecular formula is C18H17BrCl2N2O2. The second kappa shape index (κ2) is 9.80. The molecule has 0 saturated heterocycles. The second-order valence-corrected chi connectivity index (χ2v) is 7.03. The third-order valence-electron chi connectivity index (χ3n) is 3.47. The molecule has 0 aliphatic rings. The van der Waals surface area contributed by atoms with Crippen LogP contribution in [0.25, 0.3) is 0 Å². The zero-order chi connectivity index (χ0) is 18.2. The third kappa shape index (κ3) is 6.34. The van der Waals surface area contributed by atoms with Gasteiger partial charge in [-0.2, -0.15) is 0 Å². The monoisotopic (exact) mass is 442 g/mol. The molecule has 0 saturated carbocycles. The molecule has 0 radical (unpaired) electrons. The molecule has 0 aliphatic carbocycles. The van der Waals surface area contributed by atoms with Gasteiger partial charge in [0.15, 0.2) is 0 Å². The summed E-state index contributed by atoms with van der Waals surface area (Å²) in [6.07, 6.45) is 0.815. The first-order valence-corrected chi connectivity index (χ1v) is 9.25. The Balaban J connectivity index is 1.68. The normalized spacial score (nSPS) is 10.4. The Morgan fingerprint density at radius 1 is 1.00 bits per heavy atom. The van der Waals surface area contributed by atoms with Crippen molar-refractivity contribution < 1.29 is 9.59 Å². The highest BCUT2D eigenvalue weighted by Crippen LogP contribution is 2.26. The molecule has 2 amide bonds. The molecule has 0 unspecified atom stereocenters. The minimum absolute atomic E-state index is 0.104. The lowest BCUT2D eigenvalue weighted by Crippen LogP contribution is -2.34. The predicted octanol–water partition coefficient (Wildman–Crippen LogP) is 4.23. The molecule has 2 rings (SSSR count). The molecule has 132 valence electrons. The van der Waals surface area contributed by atoms with Crippen molar-refractivity contribution in [3.05, 3.63) is 68.1 Å². The number of halogens is 3. The number of nitrogens with one attached hydrogen (secondary N) is 2. The molecular weight excluding hydrogens is 427 g/mol. The van der Waals surface area contributed by atoms with Crippen molar-refractivity contribution in [3.63, 3.8) is 0 Å². The molecule has 0 fully saturated rings. The summed E-state index contributed by atoms with van der Waals surface area (Å²) in [6, 6.07) is 12.5. The van der Waals surface area contributed by atoms with Gasteiger partial charge in [0.2, 0.25) is 5.91 Å². The molecule has 0 bridgehead atoms. The first kappa shape index (κ1) is 19.8. The minimum Gasteiger partial charge on any atom is -0.354 e. The second-order valence-electron chi connectivity index (χ2n) is 5.33. The molecule has 4 nitrogen and oxygen atoms in total. The van der Waals surface area contributed by atoms with Gasteiger partial charge in [-0.25, -0.2) is 0 Å². The van der Waals surface area contributed by atoms with Gasteiger partial charge in [-0.15, -0.1) is 0 Å². The average Bonchev–Trinajstić information content (AvgIpc) is 2.59. The van der Waals surface area contributed by atoms with Crippen LogP contribution in [0.2, 0.25) is 10.0 Å². The molecule has 2 N–H and O–H groups in total. The van der Waals surface area contributed by atoms with E-state index in [2.05, 4.69) is 26.6 Å². The van der Waals surface area contributed by atoms with E-state index >= 15 is 0 Å². The number of rotatable bonds is 7. The number of carbonyl (C=O) groups excluding carboxylic acids is 2. The lowest BCUT2D eigenvalue weighted by molar-refractivity contribution is -0.121. The number of amides is 2. The van der Waals surface area contributed by atoms with Crippen LogP contribution in [-0.2, 0) is 11.2 Å². The Kier molecular flexibility index (Phi) is 7.75. The Hall–Kier alpha value is -1.56. The zero-order valence-electron chi connectivity index (χ0n) is 13.3. The van der Waals surface area contributed by atoms with Gasteiger partial charge in [0.1, 0.15) is 0 Å². The Labute approximate surface area is 165 Å². The lowest BCUT2D eigenvalue weighted by Gasteiger charge is -2.08. The van der Waals surface area contributed by atoms with Gasteiger partial charge < -0.3 is 10.6 Å². The Bertz CT molecular complexity index is 768. The van der Waals surface area contributed by atoms with Crippen molar-refractivity contribution in [2.24, 2.45) is 0 Å². The van der Waals surface area contributed by atoms with Crippen LogP contribution in [0.1, 0.15) is 22.3 Å². The Morgan fingerprint density at radius 2 is 1.72 bits per heavy atom. The summed E-state index contributed by atoms with van der Waals surface area (Å²) in [6.45, 7) is 0.719. The van der Waals surface area contributed by atoms with Crippen molar-refractivity contribution in [3.8, 4) is 0 Å². The summed E-state index contributed by atoms with van der Waals surface area (Å²) in [7, 11) is 0. The van der Waals surface area contributed by atoms with Crippen LogP contribution >= 0.6 is 39.1 Å². The topological polar surface area (TPSA) is 58.2 Å². The highest BCUT2D eigenvalue weighted by atomic mass is 79.9. The lowest BCUT2D eigenvalue weighted by atomic mass is 10.1. The van der Waals surface area contributed by atoms with E-state index in [1.807, 2.05) is 12.1 Å². The summed E-state index contributed by atoms with van der Waals surface area (Å²) in [5.74, 6) is -0.283. The number of hydrogen-bond donors (Lipinski definition) is 2. The highest BCUT2D eigenvalue weighted by molar-refractivity contribution is 9.10. The predicted molar refractivity (Wildman–Crippen MR) is 104 cm³/mol. The molecule has 2 aromatic carbocycles. The van der Waals surface area contributed by atoms with Crippen molar-refractivity contribution in [1.82, 2.24) is 10.6 Å². The average molecular weight is 444 g/mol. The largest absolute Gasteiger partial charge is 0.354 e. The minimum atomic E-state index is -0.179. The highest BCUT2D eigenvalue weighted by Gasteiger charge is 2.08. The molecule has 0 aliphatic heterocycles. The van der Waals surface area contributed by atoms with Crippen molar-refractivity contribution in [1.29, 1.82) is 0 Å². The fraction of sp³-hybridized carbons (Fsp3) is 0.222. The summed E-state index contributed by atoms with van der Waals surface area (Å²) >= 11 is 15.4. The first-order valence-electron chi connectivity index (χ1n) is 7.70. The van der Waals surface area contributed by atoms with E-state index in [1.165, 1.54) is 0 Å². The maximum atomic E-state index is 11.9. The van der Waals surface area contributed by atoms with Crippen LogP contribution in [0.4, 0.5) is 0 Å². The van der Waals surface area contributed by atoms with Gasteiger partial charge in [0.25, 0.3) is 5.91 Å². The van der Waals surface area contributed by atoms with Gasteiger partial charge in [-0.05, 0) is 36.2 Å². The number of benzene rings is 2. The van der Waals surface area contributed by atoms with Crippen molar-refractivity contribution in [2.45, 2.75) is 12.8 Å². The molecule has 2 aromatic rings. The van der Waals surface area contributed by atoms with Crippen LogP contribution in [0.3, 0.4) is 0 Å². The zero-order valence-corrected chi connectivity index (χ0v) is 16.4. The smallest absolute Gasteiger partial charge is 0.251 e. The summed E-state index contributed by atoms with van der Waals surface area (Å²) in [5, 5.41) is 6.49. The van der Waals surface area contributed by atoms with Gasteiger partial charge in [0, 0.05) is 29.5 Å². The molecule has 0 aromatic heterocycles. The molecule has 7 heteroatoms. The summed E-state index contributed by atoms with van der Waals surface area (Å²) < 4.78 is 0.841. The standard InChI is InChI=1S/C18H17BrCl2N2O2/c19-14-5-1-4-13(11-14)18(25)23-10-9-22-16(24)8-7-12-3-2-6-15(20)17(12)21/h1-6,11H,7-10H2,(H,22,24)(H,23,25). The van der Waals surface area contributed by atoms with Gasteiger partial charge >= 0.3 is 0 Å². The van der Waals surface area contributed by atoms with Crippen molar-refractivity contribution in [2.75, 3.05) is 13.1 Å². The summed E-state index contributed by atoms with van der Waals surface area (Å²) in [5.41, 5.74) is 1.41. The van der Waals surface area contributed by atoms with Crippen molar-refractivity contribution >= 4 is 50.9 Å². The Morgan fingerprint density at radius 3 is 2.48 bits per heavy atom. The summed E-state index contributed by atoms with van der Waals surface area (Å²) in [4.78, 5) is 23.8. The van der Waals surface area contributed by atoms with Gasteiger partial charge in [0.05, 0.1) is 10.0 Å². The van der Waals surface area contributed by atoms with E-state index in [-0.39, 0.29) is 11.8 Å². The van der Waals surface area contributed by atoms with E-state index in [1.54, 1.807) is 30.3 Å². The molecule has 0 atom stereocenters. The fourth-order valence-electron chi connectivity index (χ4n) is 2.19. The van der Waals surface area contributed by atoms with Crippen LogP contribution in [0.15, 0.2) is 46.9 Å². The molecule has 25 heavy (non-hydrogen) atoms. The quantitative estimate of drug-likeness (QED) is 0.629. The van der Waals surface area contributed by atoms with E-state index in [4.69, 9.17) is 23.2 Å². The van der Waals surface area contributed by atoms with Gasteiger partial charge in [-0.1, -0.05) is 57.3 Å². The van der Waals surface area contributed by atoms with Crippen LogP contribution < -0.4 is 10.6 Å². The third-order valence-corrected chi connectivity index (χ3v) is 4.82. The van der Waals surface area contributed by atoms with E-state index in [9.17, 15) is 9.59 Å². The SMILES string of the molecule is O=C(CCc1cccc(Cl)c1Cl)NCCNC(=O)c1cccc(Br)c1. The fourth-order valence-corrected chi connectivity index (χ4v) is 3.00. The van der Waals surface area contributed by atoms with Crippen LogP contribution in [0, 0.1) is 0 Å².